The minimum absolute atomic E-state index is 0.134. The molecule has 0 radical (unpaired) electrons. The van der Waals surface area contributed by atoms with E-state index in [4.69, 9.17) is 14.2 Å². The fourth-order valence-electron chi connectivity index (χ4n) is 6.80. The molecule has 6 heteroatoms. The summed E-state index contributed by atoms with van der Waals surface area (Å²) in [4.78, 5) is 38.0. The van der Waals surface area contributed by atoms with Gasteiger partial charge in [-0.2, -0.15) is 0 Å². The molecule has 0 fully saturated rings. The maximum atomic E-state index is 12.8. The van der Waals surface area contributed by atoms with Crippen molar-refractivity contribution in [3.05, 3.63) is 158 Å². The van der Waals surface area contributed by atoms with E-state index in [2.05, 4.69) is 51.2 Å². The summed E-state index contributed by atoms with van der Waals surface area (Å²) in [7, 11) is 0. The second-order valence-electron chi connectivity index (χ2n) is 17.3. The van der Waals surface area contributed by atoms with E-state index in [1.807, 2.05) is 128 Å². The molecule has 0 spiro atoms. The van der Waals surface area contributed by atoms with Gasteiger partial charge in [-0.25, -0.2) is 0 Å². The third kappa shape index (κ3) is 53.8. The molecule has 0 saturated heterocycles. The van der Waals surface area contributed by atoms with E-state index >= 15 is 0 Å². The second kappa shape index (κ2) is 55.6. The molecule has 0 aliphatic heterocycles. The Hall–Kier alpha value is -4.97. The standard InChI is InChI=1S/C63H96O6/c1-4-7-10-13-16-19-22-25-27-29-31-33-35-38-41-44-47-50-53-56-62(65)68-59-60(58-67-61(64)55-52-49-46-43-40-37-24-21-18-15-12-9-6-3)69-63(66)57-54-51-48-45-42-39-36-34-32-30-28-26-23-20-17-14-11-8-5-2/h7,9-10,12-13,15-16,18-19,21-22,24-25,27,29-33,35,37-38,40-41,43,46,60H,4-6,8,11,14,17,20,23,26,28,34,36,39,42,44-45,47-59H2,1-3H3/b10-7-,12-9-,16-13-,18-15-,22-19-,24-21-,27-25-,31-29+,32-30-,35-33-,40-37-,41-38-,46-43-. The van der Waals surface area contributed by atoms with Crippen LogP contribution in [-0.2, 0) is 28.6 Å². The van der Waals surface area contributed by atoms with Gasteiger partial charge in [-0.05, 0) is 77.0 Å². The van der Waals surface area contributed by atoms with Crippen molar-refractivity contribution in [3.63, 3.8) is 0 Å². The average molecular weight is 949 g/mol. The first-order valence-corrected chi connectivity index (χ1v) is 27.2. The predicted molar refractivity (Wildman–Crippen MR) is 297 cm³/mol. The maximum Gasteiger partial charge on any atom is 0.306 e. The van der Waals surface area contributed by atoms with E-state index in [0.717, 1.165) is 57.8 Å². The van der Waals surface area contributed by atoms with Crippen molar-refractivity contribution in [1.82, 2.24) is 0 Å². The number of hydrogen-bond donors (Lipinski definition) is 0. The second-order valence-corrected chi connectivity index (χ2v) is 17.3. The van der Waals surface area contributed by atoms with Gasteiger partial charge in [0.05, 0.1) is 0 Å². The number of rotatable bonds is 46. The fourth-order valence-corrected chi connectivity index (χ4v) is 6.80. The lowest BCUT2D eigenvalue weighted by Gasteiger charge is -2.18. The molecule has 6 nitrogen and oxygen atoms in total. The molecule has 0 aromatic heterocycles. The summed E-state index contributed by atoms with van der Waals surface area (Å²) in [5.74, 6) is -1.06. The van der Waals surface area contributed by atoms with Crippen molar-refractivity contribution >= 4 is 17.9 Å². The summed E-state index contributed by atoms with van der Waals surface area (Å²) < 4.78 is 16.7. The van der Waals surface area contributed by atoms with Crippen LogP contribution in [0.3, 0.4) is 0 Å². The topological polar surface area (TPSA) is 78.9 Å². The molecule has 384 valence electrons. The van der Waals surface area contributed by atoms with Crippen molar-refractivity contribution in [2.45, 2.75) is 207 Å². The summed E-state index contributed by atoms with van der Waals surface area (Å²) in [5, 5.41) is 0. The van der Waals surface area contributed by atoms with Crippen molar-refractivity contribution in [2.75, 3.05) is 13.2 Å². The van der Waals surface area contributed by atoms with Crippen LogP contribution in [0.4, 0.5) is 0 Å². The van der Waals surface area contributed by atoms with Crippen LogP contribution in [-0.4, -0.2) is 37.2 Å². The largest absolute Gasteiger partial charge is 0.462 e. The summed E-state index contributed by atoms with van der Waals surface area (Å²) in [6, 6.07) is 0. The van der Waals surface area contributed by atoms with Gasteiger partial charge in [0.2, 0.25) is 0 Å². The quantitative estimate of drug-likeness (QED) is 0.0199. The first-order valence-electron chi connectivity index (χ1n) is 27.2. The Morgan fingerprint density at radius 1 is 0.304 bits per heavy atom. The highest BCUT2D eigenvalue weighted by molar-refractivity contribution is 5.71. The van der Waals surface area contributed by atoms with Crippen LogP contribution in [0.5, 0.6) is 0 Å². The normalized spacial score (nSPS) is 13.4. The lowest BCUT2D eigenvalue weighted by atomic mass is 10.1. The molecule has 1 atom stereocenters. The molecule has 0 saturated carbocycles. The highest BCUT2D eigenvalue weighted by atomic mass is 16.6. The molecule has 69 heavy (non-hydrogen) atoms. The van der Waals surface area contributed by atoms with Crippen LogP contribution in [0.15, 0.2) is 158 Å². The smallest absolute Gasteiger partial charge is 0.306 e. The molecular formula is C63H96O6. The van der Waals surface area contributed by atoms with E-state index < -0.39 is 6.10 Å². The monoisotopic (exact) mass is 949 g/mol. The first kappa shape index (κ1) is 64.0. The predicted octanol–water partition coefficient (Wildman–Crippen LogP) is 18.2. The zero-order valence-electron chi connectivity index (χ0n) is 43.8. The average Bonchev–Trinajstić information content (AvgIpc) is 3.35. The lowest BCUT2D eigenvalue weighted by molar-refractivity contribution is -0.167. The molecule has 0 aliphatic carbocycles. The van der Waals surface area contributed by atoms with Gasteiger partial charge in [0.15, 0.2) is 6.10 Å². The summed E-state index contributed by atoms with van der Waals surface area (Å²) >= 11 is 0. The Morgan fingerprint density at radius 2 is 0.594 bits per heavy atom. The van der Waals surface area contributed by atoms with E-state index in [9.17, 15) is 14.4 Å². The van der Waals surface area contributed by atoms with Gasteiger partial charge in [0.1, 0.15) is 13.2 Å². The van der Waals surface area contributed by atoms with Gasteiger partial charge in [0, 0.05) is 19.3 Å². The van der Waals surface area contributed by atoms with Crippen molar-refractivity contribution < 1.29 is 28.6 Å². The van der Waals surface area contributed by atoms with Gasteiger partial charge in [-0.3, -0.25) is 14.4 Å². The minimum atomic E-state index is -0.836. The van der Waals surface area contributed by atoms with Crippen molar-refractivity contribution in [1.29, 1.82) is 0 Å². The zero-order valence-corrected chi connectivity index (χ0v) is 43.8. The van der Waals surface area contributed by atoms with Crippen LogP contribution >= 0.6 is 0 Å². The van der Waals surface area contributed by atoms with Gasteiger partial charge < -0.3 is 14.2 Å². The van der Waals surface area contributed by atoms with Crippen molar-refractivity contribution in [3.8, 4) is 0 Å². The molecule has 0 bridgehead atoms. The Labute approximate surface area is 422 Å². The number of esters is 3. The molecule has 0 rings (SSSR count). The molecule has 0 heterocycles. The Balaban J connectivity index is 4.59. The van der Waals surface area contributed by atoms with Gasteiger partial charge in [0.25, 0.3) is 0 Å². The molecule has 0 aromatic rings. The number of allylic oxidation sites excluding steroid dienone is 26. The van der Waals surface area contributed by atoms with Crippen molar-refractivity contribution in [2.24, 2.45) is 0 Å². The Morgan fingerprint density at radius 3 is 1.00 bits per heavy atom. The molecular weight excluding hydrogens is 853 g/mol. The number of unbranched alkanes of at least 4 members (excludes halogenated alkanes) is 19. The molecule has 0 aliphatic rings. The Kier molecular flexibility index (Phi) is 51.6. The SMILES string of the molecule is CC\C=C/C=C\C=C/C=C\C=C/CCCC(=O)OCC(COC(=O)CCCCC\C=C/C=C\C=C\C=C/C=C\C=C/C=C\CC)OC(=O)CCCCCCCCC/C=C\CCCCCCCCCC. The number of carbonyl (C=O) groups excluding carboxylic acids is 3. The fraction of sp³-hybridized carbons (Fsp3) is 0.540. The number of carbonyl (C=O) groups is 3. The highest BCUT2D eigenvalue weighted by Crippen LogP contribution is 2.14. The van der Waals surface area contributed by atoms with E-state index in [-0.39, 0.29) is 50.4 Å². The van der Waals surface area contributed by atoms with Gasteiger partial charge in [-0.1, -0.05) is 262 Å². The van der Waals surface area contributed by atoms with E-state index in [1.54, 1.807) is 0 Å². The summed E-state index contributed by atoms with van der Waals surface area (Å²) in [6.07, 6.45) is 80.9. The lowest BCUT2D eigenvalue weighted by Crippen LogP contribution is -2.30. The Bertz CT molecular complexity index is 1610. The third-order valence-corrected chi connectivity index (χ3v) is 10.8. The third-order valence-electron chi connectivity index (χ3n) is 10.8. The molecule has 0 amide bonds. The molecule has 1 unspecified atom stereocenters. The summed E-state index contributed by atoms with van der Waals surface area (Å²) in [6.45, 7) is 6.22. The number of hydrogen-bond acceptors (Lipinski definition) is 6. The van der Waals surface area contributed by atoms with Crippen LogP contribution in [0.1, 0.15) is 201 Å². The molecule has 0 aromatic carbocycles. The van der Waals surface area contributed by atoms with E-state index in [0.29, 0.717) is 12.8 Å². The zero-order chi connectivity index (χ0) is 50.0. The van der Waals surface area contributed by atoms with Gasteiger partial charge >= 0.3 is 17.9 Å². The number of ether oxygens (including phenoxy) is 3. The van der Waals surface area contributed by atoms with Crippen LogP contribution < -0.4 is 0 Å². The van der Waals surface area contributed by atoms with Crippen LogP contribution in [0.25, 0.3) is 0 Å². The minimum Gasteiger partial charge on any atom is -0.462 e. The first-order chi connectivity index (χ1) is 34.0. The molecule has 0 N–H and O–H groups in total. The van der Waals surface area contributed by atoms with Crippen LogP contribution in [0, 0.1) is 0 Å². The van der Waals surface area contributed by atoms with Crippen LogP contribution in [0.2, 0.25) is 0 Å². The highest BCUT2D eigenvalue weighted by Gasteiger charge is 2.19. The summed E-state index contributed by atoms with van der Waals surface area (Å²) in [5.41, 5.74) is 0. The van der Waals surface area contributed by atoms with E-state index in [1.165, 1.54) is 89.9 Å². The van der Waals surface area contributed by atoms with Gasteiger partial charge in [-0.15, -0.1) is 0 Å². The maximum absolute atomic E-state index is 12.8.